The molecule has 0 spiro atoms. The zero-order chi connectivity index (χ0) is 24.8. The smallest absolute Gasteiger partial charge is 0.331 e. The van der Waals surface area contributed by atoms with Gasteiger partial charge in [-0.25, -0.2) is 9.78 Å². The molecule has 0 aliphatic carbocycles. The number of fused-ring (bicyclic) bond motifs is 4. The molecule has 3 aromatic rings. The van der Waals surface area contributed by atoms with E-state index >= 15 is 0 Å². The molecule has 2 bridgehead atoms. The van der Waals surface area contributed by atoms with Crippen LogP contribution in [0.15, 0.2) is 52.9 Å². The van der Waals surface area contributed by atoms with E-state index in [1.807, 2.05) is 36.4 Å². The predicted octanol–water partition coefficient (Wildman–Crippen LogP) is 5.53. The molecule has 4 aliphatic heterocycles. The van der Waals surface area contributed by atoms with E-state index in [1.165, 1.54) is 6.42 Å². The van der Waals surface area contributed by atoms with E-state index in [9.17, 15) is 4.79 Å². The van der Waals surface area contributed by atoms with Crippen LogP contribution in [0.2, 0.25) is 5.02 Å². The second-order valence-electron chi connectivity index (χ2n) is 11.1. The Kier molecular flexibility index (Phi) is 6.30. The first-order valence-corrected chi connectivity index (χ1v) is 13.7. The van der Waals surface area contributed by atoms with E-state index in [-0.39, 0.29) is 12.1 Å². The Morgan fingerprint density at radius 1 is 1.14 bits per heavy atom. The lowest BCUT2D eigenvalue weighted by atomic mass is 9.82. The van der Waals surface area contributed by atoms with Gasteiger partial charge in [0.2, 0.25) is 0 Å². The number of hydrogen-bond donors (Lipinski definition) is 0. The third-order valence-electron chi connectivity index (χ3n) is 8.89. The highest BCUT2D eigenvalue weighted by Crippen LogP contribution is 2.40. The van der Waals surface area contributed by atoms with Gasteiger partial charge in [0.25, 0.3) is 5.89 Å². The number of oxazole rings is 1. The molecule has 1 aromatic heterocycles. The number of benzene rings is 2. The Labute approximate surface area is 217 Å². The monoisotopic (exact) mass is 508 g/mol. The molecule has 4 saturated heterocycles. The average Bonchev–Trinajstić information content (AvgIpc) is 3.30. The fourth-order valence-corrected chi connectivity index (χ4v) is 6.83. The molecular formula is C29H35ClN3O3+. The summed E-state index contributed by atoms with van der Waals surface area (Å²) in [5.41, 5.74) is 1.82. The van der Waals surface area contributed by atoms with E-state index < -0.39 is 5.54 Å². The van der Waals surface area contributed by atoms with Crippen molar-refractivity contribution in [3.05, 3.63) is 65.0 Å². The molecule has 4 aliphatic rings. The summed E-state index contributed by atoms with van der Waals surface area (Å²) < 4.78 is 13.4. The summed E-state index contributed by atoms with van der Waals surface area (Å²) in [6, 6.07) is 15.7. The molecule has 6 nitrogen and oxygen atoms in total. The number of quaternary nitrogens is 1. The predicted molar refractivity (Wildman–Crippen MR) is 139 cm³/mol. The van der Waals surface area contributed by atoms with Crippen molar-refractivity contribution in [2.45, 2.75) is 57.2 Å². The summed E-state index contributed by atoms with van der Waals surface area (Å²) in [6.07, 6.45) is 5.52. The molecule has 0 saturated carbocycles. The highest BCUT2D eigenvalue weighted by molar-refractivity contribution is 6.31. The highest BCUT2D eigenvalue weighted by Gasteiger charge is 2.51. The molecule has 7 rings (SSSR count). The third-order valence-corrected chi connectivity index (χ3v) is 9.12. The van der Waals surface area contributed by atoms with Gasteiger partial charge in [0.05, 0.1) is 13.1 Å². The number of likely N-dealkylation sites (tertiary alicyclic amines) is 1. The summed E-state index contributed by atoms with van der Waals surface area (Å²) in [7, 11) is 0. The number of carbonyl (C=O) groups is 1. The van der Waals surface area contributed by atoms with Crippen molar-refractivity contribution in [1.29, 1.82) is 0 Å². The number of esters is 1. The van der Waals surface area contributed by atoms with Crippen LogP contribution in [0.3, 0.4) is 0 Å². The minimum Gasteiger partial charge on any atom is -0.454 e. The second kappa shape index (κ2) is 9.47. The maximum atomic E-state index is 14.0. The number of carbonyl (C=O) groups excluding carboxylic acids is 1. The number of halogens is 1. The van der Waals surface area contributed by atoms with Gasteiger partial charge < -0.3 is 13.6 Å². The van der Waals surface area contributed by atoms with Crippen LogP contribution in [0.5, 0.6) is 0 Å². The molecule has 0 N–H and O–H groups in total. The summed E-state index contributed by atoms with van der Waals surface area (Å²) in [6.45, 7) is 7.59. The summed E-state index contributed by atoms with van der Waals surface area (Å²) in [5.74, 6) is 1.06. The normalized spacial score (nSPS) is 28.2. The molecule has 7 heteroatoms. The number of rotatable bonds is 6. The van der Waals surface area contributed by atoms with Gasteiger partial charge >= 0.3 is 5.97 Å². The van der Waals surface area contributed by atoms with E-state index in [4.69, 9.17) is 25.7 Å². The first-order chi connectivity index (χ1) is 17.5. The molecule has 5 heterocycles. The van der Waals surface area contributed by atoms with E-state index in [0.717, 1.165) is 92.0 Å². The standard InChI is InChI=1S/C29H35ClN3O3/c1-29(22-8-4-2-5-9-22,32-14-6-3-7-15-32)28(34)36-26-19-33(16-12-21(26)13-17-33)20-27-31-24-18-23(30)10-11-25(24)35-27/h2,4-5,8-11,18,21,26H,3,6-7,12-17,19-20H2,1H3/q+1/t21?,26-,29+,33?/m0/s1. The first-order valence-electron chi connectivity index (χ1n) is 13.4. The molecule has 0 amide bonds. The third kappa shape index (κ3) is 4.33. The maximum absolute atomic E-state index is 14.0. The van der Waals surface area contributed by atoms with Crippen LogP contribution >= 0.6 is 11.6 Å². The number of ether oxygens (including phenoxy) is 1. The van der Waals surface area contributed by atoms with E-state index in [1.54, 1.807) is 0 Å². The quantitative estimate of drug-likeness (QED) is 0.323. The SMILES string of the molecule is C[C@](C(=O)O[C@H]1C[N+]2(Cc3nc4cc(Cl)ccc4o3)CCC1CC2)(c1ccccc1)N1CCCCC1. The van der Waals surface area contributed by atoms with Gasteiger partial charge in [0.1, 0.15) is 17.6 Å². The summed E-state index contributed by atoms with van der Waals surface area (Å²) in [5, 5.41) is 0.662. The van der Waals surface area contributed by atoms with Crippen LogP contribution in [0.25, 0.3) is 11.1 Å². The van der Waals surface area contributed by atoms with Gasteiger partial charge in [-0.15, -0.1) is 0 Å². The van der Waals surface area contributed by atoms with Crippen LogP contribution in [0, 0.1) is 5.92 Å². The molecular weight excluding hydrogens is 474 g/mol. The number of hydrogen-bond acceptors (Lipinski definition) is 5. The molecule has 2 atom stereocenters. The van der Waals surface area contributed by atoms with Gasteiger partial charge in [-0.3, -0.25) is 4.90 Å². The molecule has 190 valence electrons. The molecule has 36 heavy (non-hydrogen) atoms. The first kappa shape index (κ1) is 24.0. The molecule has 0 radical (unpaired) electrons. The van der Waals surface area contributed by atoms with E-state index in [2.05, 4.69) is 24.0 Å². The van der Waals surface area contributed by atoms with Crippen molar-refractivity contribution >= 4 is 28.7 Å². The average molecular weight is 509 g/mol. The van der Waals surface area contributed by atoms with Crippen molar-refractivity contribution in [2.75, 3.05) is 32.7 Å². The molecule has 2 aromatic carbocycles. The van der Waals surface area contributed by atoms with Gasteiger partial charge in [-0.05, 0) is 56.6 Å². The fourth-order valence-electron chi connectivity index (χ4n) is 6.67. The van der Waals surface area contributed by atoms with Crippen LogP contribution in [0.4, 0.5) is 0 Å². The van der Waals surface area contributed by atoms with Crippen molar-refractivity contribution in [3.63, 3.8) is 0 Å². The van der Waals surface area contributed by atoms with Crippen molar-refractivity contribution in [3.8, 4) is 0 Å². The Morgan fingerprint density at radius 3 is 2.64 bits per heavy atom. The zero-order valence-electron chi connectivity index (χ0n) is 21.0. The van der Waals surface area contributed by atoms with Crippen LogP contribution < -0.4 is 0 Å². The second-order valence-corrected chi connectivity index (χ2v) is 11.6. The maximum Gasteiger partial charge on any atom is 0.331 e. The lowest BCUT2D eigenvalue weighted by Gasteiger charge is -2.52. The summed E-state index contributed by atoms with van der Waals surface area (Å²) >= 11 is 6.15. The minimum atomic E-state index is -0.766. The Bertz CT molecular complexity index is 1230. The van der Waals surface area contributed by atoms with Gasteiger partial charge in [-0.1, -0.05) is 48.4 Å². The summed E-state index contributed by atoms with van der Waals surface area (Å²) in [4.78, 5) is 21.1. The van der Waals surface area contributed by atoms with E-state index in [0.29, 0.717) is 10.9 Å². The van der Waals surface area contributed by atoms with Crippen LogP contribution in [0.1, 0.15) is 50.5 Å². The Hall–Kier alpha value is -2.41. The van der Waals surface area contributed by atoms with Crippen molar-refractivity contribution in [2.24, 2.45) is 5.92 Å². The molecule has 4 fully saturated rings. The Balaban J connectivity index is 1.22. The lowest BCUT2D eigenvalue weighted by Crippen LogP contribution is -2.64. The van der Waals surface area contributed by atoms with Gasteiger partial charge in [0, 0.05) is 23.8 Å². The minimum absolute atomic E-state index is 0.0772. The number of aromatic nitrogens is 1. The fraction of sp³-hybridized carbons (Fsp3) is 0.517. The van der Waals surface area contributed by atoms with Gasteiger partial charge in [0.15, 0.2) is 18.2 Å². The Morgan fingerprint density at radius 2 is 1.89 bits per heavy atom. The molecule has 0 unspecified atom stereocenters. The number of piperidine rings is 4. The number of nitrogens with zero attached hydrogens (tertiary/aromatic N) is 3. The lowest BCUT2D eigenvalue weighted by molar-refractivity contribution is -0.959. The zero-order valence-corrected chi connectivity index (χ0v) is 21.8. The van der Waals surface area contributed by atoms with Crippen molar-refractivity contribution < 1.29 is 18.4 Å². The highest BCUT2D eigenvalue weighted by atomic mass is 35.5. The van der Waals surface area contributed by atoms with Crippen LogP contribution in [-0.2, 0) is 21.6 Å². The van der Waals surface area contributed by atoms with Crippen LogP contribution in [-0.4, -0.2) is 59.2 Å². The topological polar surface area (TPSA) is 55.6 Å². The van der Waals surface area contributed by atoms with Crippen molar-refractivity contribution in [1.82, 2.24) is 9.88 Å². The largest absolute Gasteiger partial charge is 0.454 e. The van der Waals surface area contributed by atoms with Gasteiger partial charge in [-0.2, -0.15) is 0 Å².